The molecule has 0 bridgehead atoms. The van der Waals surface area contributed by atoms with Gasteiger partial charge in [0.05, 0.1) is 59.5 Å². The number of epoxide rings is 2. The molecule has 0 spiro atoms. The zero-order chi connectivity index (χ0) is 14.2. The molecular weight excluding hydrogens is 248 g/mol. The summed E-state index contributed by atoms with van der Waals surface area (Å²) in [5, 5.41) is 0. The van der Waals surface area contributed by atoms with Crippen molar-refractivity contribution < 1.29 is 23.7 Å². The van der Waals surface area contributed by atoms with Crippen molar-refractivity contribution in [2.24, 2.45) is 0 Å². The van der Waals surface area contributed by atoms with Crippen LogP contribution in [0.3, 0.4) is 0 Å². The van der Waals surface area contributed by atoms with Crippen LogP contribution in [0, 0.1) is 0 Å². The topological polar surface area (TPSA) is 52.8 Å². The smallest absolute Gasteiger partial charge is 0.104 e. The Hall–Kier alpha value is -0.460. The van der Waals surface area contributed by atoms with Gasteiger partial charge in [0.25, 0.3) is 0 Å². The Kier molecular flexibility index (Phi) is 15.2. The highest BCUT2D eigenvalue weighted by atomic mass is 16.6. The third-order valence-corrected chi connectivity index (χ3v) is 1.89. The first-order valence-electron chi connectivity index (χ1n) is 6.97. The summed E-state index contributed by atoms with van der Waals surface area (Å²) in [5.41, 5.74) is 0. The largest absolute Gasteiger partial charge is 0.377 e. The van der Waals surface area contributed by atoms with E-state index in [0.717, 1.165) is 19.8 Å². The second-order valence-electron chi connectivity index (χ2n) is 3.62. The van der Waals surface area contributed by atoms with Crippen LogP contribution in [0.15, 0.2) is 12.7 Å². The zero-order valence-electron chi connectivity index (χ0n) is 12.3. The highest BCUT2D eigenvalue weighted by Crippen LogP contribution is 2.07. The lowest BCUT2D eigenvalue weighted by molar-refractivity contribution is 0.0164. The van der Waals surface area contributed by atoms with Crippen molar-refractivity contribution in [3.05, 3.63) is 12.7 Å². The van der Waals surface area contributed by atoms with Crippen LogP contribution >= 0.6 is 0 Å². The molecule has 2 saturated heterocycles. The highest BCUT2D eigenvalue weighted by Gasteiger charge is 2.21. The van der Waals surface area contributed by atoms with Crippen molar-refractivity contribution in [1.82, 2.24) is 0 Å². The minimum absolute atomic E-state index is 0.339. The van der Waals surface area contributed by atoms with Crippen LogP contribution < -0.4 is 0 Å². The third-order valence-electron chi connectivity index (χ3n) is 1.89. The maximum Gasteiger partial charge on any atom is 0.104 e. The fourth-order valence-electron chi connectivity index (χ4n) is 0.883. The average Bonchev–Trinajstić information content (AvgIpc) is 3.33. The van der Waals surface area contributed by atoms with Gasteiger partial charge in [-0.25, -0.2) is 0 Å². The van der Waals surface area contributed by atoms with Gasteiger partial charge in [-0.3, -0.25) is 0 Å². The minimum atomic E-state index is 0.339. The Balaban J connectivity index is 0.000000548. The fourth-order valence-corrected chi connectivity index (χ4v) is 0.883. The van der Waals surface area contributed by atoms with E-state index in [1.807, 2.05) is 13.8 Å². The number of rotatable bonds is 10. The van der Waals surface area contributed by atoms with Crippen LogP contribution in [0.1, 0.15) is 13.8 Å². The molecule has 2 fully saturated rings. The molecule has 0 aromatic rings. The van der Waals surface area contributed by atoms with Gasteiger partial charge in [-0.1, -0.05) is 19.9 Å². The third kappa shape index (κ3) is 20.0. The van der Waals surface area contributed by atoms with E-state index in [1.165, 1.54) is 0 Å². The maximum atomic E-state index is 5.28. The molecule has 2 aliphatic heterocycles. The molecular formula is C14H28O5. The Bertz CT molecular complexity index is 178. The lowest BCUT2D eigenvalue weighted by atomic mass is 10.5. The molecule has 5 nitrogen and oxygen atoms in total. The normalized spacial score (nSPS) is 18.5. The first kappa shape index (κ1) is 18.5. The van der Waals surface area contributed by atoms with Crippen molar-refractivity contribution in [3.8, 4) is 0 Å². The number of ether oxygens (including phenoxy) is 5. The first-order valence-corrected chi connectivity index (χ1v) is 6.97. The summed E-state index contributed by atoms with van der Waals surface area (Å²) >= 11 is 0. The quantitative estimate of drug-likeness (QED) is 0.345. The van der Waals surface area contributed by atoms with E-state index in [4.69, 9.17) is 18.9 Å². The van der Waals surface area contributed by atoms with Crippen LogP contribution in [0.25, 0.3) is 0 Å². The lowest BCUT2D eigenvalue weighted by Gasteiger charge is -2.04. The van der Waals surface area contributed by atoms with E-state index in [9.17, 15) is 0 Å². The van der Waals surface area contributed by atoms with Gasteiger partial charge >= 0.3 is 0 Å². The molecule has 1 atom stereocenters. The molecule has 19 heavy (non-hydrogen) atoms. The Labute approximate surface area is 116 Å². The van der Waals surface area contributed by atoms with Crippen LogP contribution in [-0.4, -0.2) is 65.6 Å². The molecule has 2 aliphatic rings. The van der Waals surface area contributed by atoms with Crippen molar-refractivity contribution in [2.45, 2.75) is 20.0 Å². The van der Waals surface area contributed by atoms with E-state index < -0.39 is 0 Å². The summed E-state index contributed by atoms with van der Waals surface area (Å²) in [5.74, 6) is 0. The van der Waals surface area contributed by atoms with E-state index in [-0.39, 0.29) is 0 Å². The van der Waals surface area contributed by atoms with Crippen LogP contribution in [0.5, 0.6) is 0 Å². The van der Waals surface area contributed by atoms with Gasteiger partial charge in [-0.2, -0.15) is 0 Å². The Morgan fingerprint density at radius 1 is 1.05 bits per heavy atom. The Morgan fingerprint density at radius 2 is 1.58 bits per heavy atom. The zero-order valence-corrected chi connectivity index (χ0v) is 12.3. The molecule has 0 aromatic heterocycles. The molecule has 0 aliphatic carbocycles. The van der Waals surface area contributed by atoms with Crippen LogP contribution in [0.2, 0.25) is 0 Å². The summed E-state index contributed by atoms with van der Waals surface area (Å²) in [6.07, 6.45) is 2.06. The standard InChI is InChI=1S/C10H18O4.C2H4O.C2H6/c1-2-3-11-4-5-12-6-7-13-8-10-9-14-10;1-2-3-1;1-2/h2,10H,1,3-9H2;1-2H2;1-2H3. The van der Waals surface area contributed by atoms with E-state index in [0.29, 0.717) is 45.7 Å². The predicted molar refractivity (Wildman–Crippen MR) is 74.6 cm³/mol. The SMILES string of the molecule is C1CO1.C=CCOCCOCCOCC1CO1.CC. The second kappa shape index (κ2) is 15.6. The maximum absolute atomic E-state index is 5.28. The van der Waals surface area contributed by atoms with Gasteiger partial charge in [0, 0.05) is 0 Å². The van der Waals surface area contributed by atoms with E-state index in [2.05, 4.69) is 11.3 Å². The minimum Gasteiger partial charge on any atom is -0.377 e. The molecule has 2 heterocycles. The Morgan fingerprint density at radius 3 is 2.05 bits per heavy atom. The summed E-state index contributed by atoms with van der Waals surface area (Å²) in [6, 6.07) is 0. The molecule has 0 amide bonds. The van der Waals surface area contributed by atoms with Gasteiger partial charge in [0.1, 0.15) is 6.10 Å². The van der Waals surface area contributed by atoms with Gasteiger partial charge in [0.2, 0.25) is 0 Å². The summed E-state index contributed by atoms with van der Waals surface area (Å²) in [4.78, 5) is 0. The van der Waals surface area contributed by atoms with Crippen molar-refractivity contribution in [2.75, 3.05) is 59.5 Å². The summed E-state index contributed by atoms with van der Waals surface area (Å²) in [7, 11) is 0. The van der Waals surface area contributed by atoms with Crippen molar-refractivity contribution in [3.63, 3.8) is 0 Å². The van der Waals surface area contributed by atoms with Crippen LogP contribution in [0.4, 0.5) is 0 Å². The average molecular weight is 276 g/mol. The van der Waals surface area contributed by atoms with Gasteiger partial charge in [-0.15, -0.1) is 6.58 Å². The lowest BCUT2D eigenvalue weighted by Crippen LogP contribution is -2.11. The molecule has 114 valence electrons. The molecule has 0 aromatic carbocycles. The first-order chi connectivity index (χ1) is 9.43. The summed E-state index contributed by atoms with van der Waals surface area (Å²) < 4.78 is 25.2. The van der Waals surface area contributed by atoms with E-state index >= 15 is 0 Å². The van der Waals surface area contributed by atoms with Crippen molar-refractivity contribution in [1.29, 1.82) is 0 Å². The molecule has 0 saturated carbocycles. The molecule has 2 rings (SSSR count). The van der Waals surface area contributed by atoms with Gasteiger partial charge < -0.3 is 23.7 Å². The summed E-state index contributed by atoms with van der Waals surface area (Å²) in [6.45, 7) is 14.1. The second-order valence-corrected chi connectivity index (χ2v) is 3.62. The fraction of sp³-hybridized carbons (Fsp3) is 0.857. The van der Waals surface area contributed by atoms with Crippen LogP contribution in [-0.2, 0) is 23.7 Å². The number of hydrogen-bond acceptors (Lipinski definition) is 5. The number of hydrogen-bond donors (Lipinski definition) is 0. The molecule has 5 heteroatoms. The molecule has 1 unspecified atom stereocenters. The van der Waals surface area contributed by atoms with Crippen molar-refractivity contribution >= 4 is 0 Å². The van der Waals surface area contributed by atoms with Gasteiger partial charge in [0.15, 0.2) is 0 Å². The van der Waals surface area contributed by atoms with E-state index in [1.54, 1.807) is 6.08 Å². The monoisotopic (exact) mass is 276 g/mol. The highest BCUT2D eigenvalue weighted by molar-refractivity contribution is 4.66. The molecule has 0 N–H and O–H groups in total. The van der Waals surface area contributed by atoms with Gasteiger partial charge in [-0.05, 0) is 0 Å². The molecule has 0 radical (unpaired) electrons. The predicted octanol–water partition coefficient (Wildman–Crippen LogP) is 1.66.